The second-order valence-corrected chi connectivity index (χ2v) is 5.72. The lowest BCUT2D eigenvalue weighted by Crippen LogP contribution is -2.05. The van der Waals surface area contributed by atoms with Crippen LogP contribution in [0.15, 0.2) is 59.7 Å². The van der Waals surface area contributed by atoms with Gasteiger partial charge in [-0.15, -0.1) is 0 Å². The summed E-state index contributed by atoms with van der Waals surface area (Å²) in [6.45, 7) is 2.68. The van der Waals surface area contributed by atoms with Crippen molar-refractivity contribution in [1.29, 1.82) is 0 Å². The number of methoxy groups -OCH3 is 1. The molecule has 0 bridgehead atoms. The molecule has 0 unspecified atom stereocenters. The number of nitrogens with zero attached hydrogens (tertiary/aromatic N) is 3. The van der Waals surface area contributed by atoms with Crippen molar-refractivity contribution in [2.24, 2.45) is 4.99 Å². The molecule has 3 heterocycles. The topological polar surface area (TPSA) is 47.4 Å². The molecule has 0 saturated carbocycles. The summed E-state index contributed by atoms with van der Waals surface area (Å²) < 4.78 is 5.47. The van der Waals surface area contributed by atoms with E-state index in [2.05, 4.69) is 33.2 Å². The van der Waals surface area contributed by atoms with Gasteiger partial charge in [0.25, 0.3) is 0 Å². The number of allylic oxidation sites excluding steroid dienone is 1. The van der Waals surface area contributed by atoms with Crippen molar-refractivity contribution in [1.82, 2.24) is 9.97 Å². The summed E-state index contributed by atoms with van der Waals surface area (Å²) >= 11 is 0. The van der Waals surface area contributed by atoms with Gasteiger partial charge in [0.15, 0.2) is 0 Å². The molecule has 0 aliphatic carbocycles. The van der Waals surface area contributed by atoms with Gasteiger partial charge in [-0.2, -0.15) is 0 Å². The molecule has 0 spiro atoms. The van der Waals surface area contributed by atoms with Gasteiger partial charge >= 0.3 is 0 Å². The first-order valence-electron chi connectivity index (χ1n) is 7.88. The number of ether oxygens (including phenoxy) is 1. The van der Waals surface area contributed by atoms with E-state index >= 15 is 0 Å². The van der Waals surface area contributed by atoms with Gasteiger partial charge in [-0.25, -0.2) is 0 Å². The third kappa shape index (κ3) is 2.46. The van der Waals surface area contributed by atoms with Gasteiger partial charge in [0, 0.05) is 22.9 Å². The molecule has 0 fully saturated rings. The second-order valence-electron chi connectivity index (χ2n) is 5.72. The van der Waals surface area contributed by atoms with Crippen LogP contribution in [-0.2, 0) is 0 Å². The first-order valence-corrected chi connectivity index (χ1v) is 7.88. The van der Waals surface area contributed by atoms with Crippen molar-refractivity contribution in [2.75, 3.05) is 13.7 Å². The Hall–Kier alpha value is -3.01. The SMILES string of the molecule is COc1ccnc2ccc(C3=CCN=C3c3cccc(C)n3)cc12. The van der Waals surface area contributed by atoms with Gasteiger partial charge in [-0.05, 0) is 42.8 Å². The Morgan fingerprint density at radius 1 is 1.08 bits per heavy atom. The zero-order valence-electron chi connectivity index (χ0n) is 13.7. The first-order chi connectivity index (χ1) is 11.8. The van der Waals surface area contributed by atoms with Crippen molar-refractivity contribution >= 4 is 22.2 Å². The van der Waals surface area contributed by atoms with Gasteiger partial charge in [0.05, 0.1) is 30.6 Å². The Morgan fingerprint density at radius 2 is 2.00 bits per heavy atom. The van der Waals surface area contributed by atoms with E-state index in [9.17, 15) is 0 Å². The van der Waals surface area contributed by atoms with Crippen LogP contribution in [0.2, 0.25) is 0 Å². The van der Waals surface area contributed by atoms with Crippen LogP contribution in [0, 0.1) is 6.92 Å². The minimum Gasteiger partial charge on any atom is -0.496 e. The minimum atomic E-state index is 0.683. The van der Waals surface area contributed by atoms with E-state index in [0.717, 1.165) is 44.9 Å². The van der Waals surface area contributed by atoms with E-state index in [1.807, 2.05) is 37.3 Å². The number of aromatic nitrogens is 2. The van der Waals surface area contributed by atoms with Crippen LogP contribution in [0.5, 0.6) is 5.75 Å². The molecule has 0 N–H and O–H groups in total. The number of benzene rings is 1. The van der Waals surface area contributed by atoms with Crippen molar-refractivity contribution in [3.8, 4) is 5.75 Å². The van der Waals surface area contributed by atoms with Crippen LogP contribution in [0.1, 0.15) is 17.0 Å². The number of hydrogen-bond acceptors (Lipinski definition) is 4. The predicted octanol–water partition coefficient (Wildman–Crippen LogP) is 3.83. The molecular formula is C20H17N3O. The Morgan fingerprint density at radius 3 is 2.83 bits per heavy atom. The van der Waals surface area contributed by atoms with Crippen LogP contribution in [0.3, 0.4) is 0 Å². The highest BCUT2D eigenvalue weighted by molar-refractivity contribution is 6.32. The average Bonchev–Trinajstić information content (AvgIpc) is 3.10. The van der Waals surface area contributed by atoms with Crippen molar-refractivity contribution < 1.29 is 4.74 Å². The minimum absolute atomic E-state index is 0.683. The number of pyridine rings is 2. The Bertz CT molecular complexity index is 989. The molecule has 0 radical (unpaired) electrons. The lowest BCUT2D eigenvalue weighted by molar-refractivity contribution is 0.419. The van der Waals surface area contributed by atoms with Gasteiger partial charge in [-0.1, -0.05) is 18.2 Å². The molecule has 24 heavy (non-hydrogen) atoms. The third-order valence-electron chi connectivity index (χ3n) is 4.16. The zero-order chi connectivity index (χ0) is 16.5. The molecule has 118 valence electrons. The van der Waals surface area contributed by atoms with E-state index in [4.69, 9.17) is 4.74 Å². The van der Waals surface area contributed by atoms with Crippen molar-refractivity contribution in [2.45, 2.75) is 6.92 Å². The molecule has 1 aliphatic heterocycles. The largest absolute Gasteiger partial charge is 0.496 e. The summed E-state index contributed by atoms with van der Waals surface area (Å²) in [5.41, 5.74) is 5.99. The van der Waals surface area contributed by atoms with Crippen LogP contribution >= 0.6 is 0 Å². The highest BCUT2D eigenvalue weighted by Crippen LogP contribution is 2.30. The summed E-state index contributed by atoms with van der Waals surface area (Å²) in [5, 5.41) is 1.00. The maximum Gasteiger partial charge on any atom is 0.129 e. The van der Waals surface area contributed by atoms with Crippen molar-refractivity contribution in [3.63, 3.8) is 0 Å². The Balaban J connectivity index is 1.81. The van der Waals surface area contributed by atoms with E-state index in [1.165, 1.54) is 0 Å². The first kappa shape index (κ1) is 14.6. The summed E-state index contributed by atoms with van der Waals surface area (Å²) in [5.74, 6) is 0.826. The molecule has 0 amide bonds. The van der Waals surface area contributed by atoms with Gasteiger partial charge in [-0.3, -0.25) is 15.0 Å². The monoisotopic (exact) mass is 315 g/mol. The molecule has 0 atom stereocenters. The van der Waals surface area contributed by atoms with E-state index in [-0.39, 0.29) is 0 Å². The van der Waals surface area contributed by atoms with Crippen molar-refractivity contribution in [3.05, 3.63) is 71.7 Å². The van der Waals surface area contributed by atoms with Crippen LogP contribution < -0.4 is 4.74 Å². The fraction of sp³-hybridized carbons (Fsp3) is 0.150. The lowest BCUT2D eigenvalue weighted by Gasteiger charge is -2.10. The highest BCUT2D eigenvalue weighted by Gasteiger charge is 2.18. The molecule has 3 aromatic rings. The van der Waals surface area contributed by atoms with Crippen LogP contribution in [-0.4, -0.2) is 29.3 Å². The summed E-state index contributed by atoms with van der Waals surface area (Å²) in [7, 11) is 1.68. The number of aliphatic imine (C=N–C) groups is 1. The maximum absolute atomic E-state index is 5.47. The molecule has 1 aromatic carbocycles. The maximum atomic E-state index is 5.47. The van der Waals surface area contributed by atoms with Gasteiger partial charge < -0.3 is 4.74 Å². The fourth-order valence-electron chi connectivity index (χ4n) is 3.03. The van der Waals surface area contributed by atoms with Crippen LogP contribution in [0.25, 0.3) is 16.5 Å². The lowest BCUT2D eigenvalue weighted by atomic mass is 9.98. The Labute approximate surface area is 140 Å². The standard InChI is InChI=1S/C20H17N3O/c1-13-4-3-5-18(23-13)20-15(8-10-22-20)14-6-7-17-16(12-14)19(24-2)9-11-21-17/h3-9,11-12H,10H2,1-2H3. The highest BCUT2D eigenvalue weighted by atomic mass is 16.5. The summed E-state index contributed by atoms with van der Waals surface area (Å²) in [6.07, 6.45) is 3.91. The fourth-order valence-corrected chi connectivity index (χ4v) is 3.03. The van der Waals surface area contributed by atoms with Gasteiger partial charge in [0.1, 0.15) is 5.75 Å². The number of fused-ring (bicyclic) bond motifs is 1. The molecule has 4 heteroatoms. The predicted molar refractivity (Wildman–Crippen MR) is 96.7 cm³/mol. The zero-order valence-corrected chi connectivity index (χ0v) is 13.7. The molecule has 2 aromatic heterocycles. The normalized spacial score (nSPS) is 13.8. The quantitative estimate of drug-likeness (QED) is 0.738. The third-order valence-corrected chi connectivity index (χ3v) is 4.16. The number of aryl methyl sites for hydroxylation is 1. The molecule has 4 nitrogen and oxygen atoms in total. The Kier molecular flexibility index (Phi) is 3.58. The van der Waals surface area contributed by atoms with Crippen LogP contribution in [0.4, 0.5) is 0 Å². The van der Waals surface area contributed by atoms with Gasteiger partial charge in [0.2, 0.25) is 0 Å². The molecule has 1 aliphatic rings. The average molecular weight is 315 g/mol. The molecule has 0 saturated heterocycles. The van der Waals surface area contributed by atoms with E-state index < -0.39 is 0 Å². The molecule has 4 rings (SSSR count). The summed E-state index contributed by atoms with van der Waals surface area (Å²) in [6, 6.07) is 14.1. The number of hydrogen-bond donors (Lipinski definition) is 0. The smallest absolute Gasteiger partial charge is 0.129 e. The summed E-state index contributed by atoms with van der Waals surface area (Å²) in [4.78, 5) is 13.7. The number of rotatable bonds is 3. The molecular weight excluding hydrogens is 298 g/mol. The van der Waals surface area contributed by atoms with E-state index in [0.29, 0.717) is 6.54 Å². The van der Waals surface area contributed by atoms with E-state index in [1.54, 1.807) is 13.3 Å². The second kappa shape index (κ2) is 5.89.